The zero-order chi connectivity index (χ0) is 11.1. The summed E-state index contributed by atoms with van der Waals surface area (Å²) in [5, 5.41) is 2.95. The molecule has 0 aromatic carbocycles. The van der Waals surface area contributed by atoms with Crippen molar-refractivity contribution in [1.82, 2.24) is 10.2 Å². The van der Waals surface area contributed by atoms with Crippen LogP contribution >= 0.6 is 0 Å². The number of nitrogens with two attached hydrogens (primary N) is 1. The highest BCUT2D eigenvalue weighted by atomic mass is 16.2. The van der Waals surface area contributed by atoms with Crippen molar-refractivity contribution < 1.29 is 4.79 Å². The normalized spacial score (nSPS) is 17.9. The number of hydrogen-bond donors (Lipinski definition) is 2. The van der Waals surface area contributed by atoms with Gasteiger partial charge in [0.1, 0.15) is 0 Å². The molecule has 4 nitrogen and oxygen atoms in total. The third-order valence-corrected chi connectivity index (χ3v) is 2.95. The fourth-order valence-corrected chi connectivity index (χ4v) is 1.80. The van der Waals surface area contributed by atoms with Gasteiger partial charge in [-0.05, 0) is 38.1 Å². The van der Waals surface area contributed by atoms with E-state index in [1.165, 1.54) is 0 Å². The summed E-state index contributed by atoms with van der Waals surface area (Å²) in [6.07, 6.45) is 4.42. The second-order valence-electron chi connectivity index (χ2n) is 4.41. The molecule has 1 atom stereocenters. The zero-order valence-electron chi connectivity index (χ0n) is 9.67. The molecule has 1 saturated heterocycles. The lowest BCUT2D eigenvalue weighted by molar-refractivity contribution is 0.208. The van der Waals surface area contributed by atoms with Crippen LogP contribution in [0.15, 0.2) is 0 Å². The third-order valence-electron chi connectivity index (χ3n) is 2.95. The van der Waals surface area contributed by atoms with Gasteiger partial charge in [-0.3, -0.25) is 0 Å². The molecule has 0 saturated carbocycles. The summed E-state index contributed by atoms with van der Waals surface area (Å²) in [6, 6.07) is 0.105. The lowest BCUT2D eigenvalue weighted by atomic mass is 10.1. The minimum atomic E-state index is 0.105. The van der Waals surface area contributed by atoms with Crippen molar-refractivity contribution in [2.75, 3.05) is 26.2 Å². The maximum atomic E-state index is 11.5. The summed E-state index contributed by atoms with van der Waals surface area (Å²) in [5.74, 6) is 0.564. The number of hydrogen-bond acceptors (Lipinski definition) is 2. The van der Waals surface area contributed by atoms with Crippen molar-refractivity contribution in [2.24, 2.45) is 11.7 Å². The molecule has 1 fully saturated rings. The van der Waals surface area contributed by atoms with Crippen LogP contribution in [-0.2, 0) is 0 Å². The summed E-state index contributed by atoms with van der Waals surface area (Å²) in [4.78, 5) is 13.4. The molecule has 1 rings (SSSR count). The predicted molar refractivity (Wildman–Crippen MR) is 61.7 cm³/mol. The molecule has 0 radical (unpaired) electrons. The Morgan fingerprint density at radius 3 is 2.73 bits per heavy atom. The van der Waals surface area contributed by atoms with Crippen molar-refractivity contribution in [3.05, 3.63) is 0 Å². The fourth-order valence-electron chi connectivity index (χ4n) is 1.80. The molecule has 0 aromatic heterocycles. The Kier molecular flexibility index (Phi) is 5.47. The Bertz CT molecular complexity index is 190. The highest BCUT2D eigenvalue weighted by Crippen LogP contribution is 2.07. The van der Waals surface area contributed by atoms with Crippen molar-refractivity contribution in [2.45, 2.75) is 32.6 Å². The molecule has 0 aliphatic carbocycles. The first-order valence-corrected chi connectivity index (χ1v) is 5.97. The summed E-state index contributed by atoms with van der Waals surface area (Å²) in [5.41, 5.74) is 5.52. The number of carbonyl (C=O) groups excluding carboxylic acids is 1. The van der Waals surface area contributed by atoms with Gasteiger partial charge in [0.25, 0.3) is 0 Å². The number of carbonyl (C=O) groups is 1. The molecule has 15 heavy (non-hydrogen) atoms. The van der Waals surface area contributed by atoms with E-state index in [2.05, 4.69) is 12.2 Å². The first kappa shape index (κ1) is 12.3. The second-order valence-corrected chi connectivity index (χ2v) is 4.41. The van der Waals surface area contributed by atoms with Crippen LogP contribution in [0.1, 0.15) is 32.6 Å². The summed E-state index contributed by atoms with van der Waals surface area (Å²) >= 11 is 0. The van der Waals surface area contributed by atoms with Gasteiger partial charge in [-0.15, -0.1) is 0 Å². The largest absolute Gasteiger partial charge is 0.338 e. The van der Waals surface area contributed by atoms with Gasteiger partial charge >= 0.3 is 6.03 Å². The Balaban J connectivity index is 2.01. The number of amides is 2. The Labute approximate surface area is 92.2 Å². The molecule has 1 unspecified atom stereocenters. The molecule has 3 N–H and O–H groups in total. The average Bonchev–Trinajstić information content (AvgIpc) is 2.77. The van der Waals surface area contributed by atoms with Gasteiger partial charge < -0.3 is 16.0 Å². The van der Waals surface area contributed by atoms with E-state index in [9.17, 15) is 4.79 Å². The number of nitrogens with zero attached hydrogens (tertiary/aromatic N) is 1. The summed E-state index contributed by atoms with van der Waals surface area (Å²) < 4.78 is 0. The van der Waals surface area contributed by atoms with Crippen molar-refractivity contribution in [3.8, 4) is 0 Å². The predicted octanol–water partition coefficient (Wildman–Crippen LogP) is 1.17. The Hall–Kier alpha value is -0.770. The summed E-state index contributed by atoms with van der Waals surface area (Å²) in [6.45, 7) is 5.50. The minimum Gasteiger partial charge on any atom is -0.338 e. The van der Waals surface area contributed by atoms with Crippen LogP contribution in [0.2, 0.25) is 0 Å². The van der Waals surface area contributed by atoms with E-state index in [4.69, 9.17) is 5.73 Å². The third kappa shape index (κ3) is 4.51. The lowest BCUT2D eigenvalue weighted by Crippen LogP contribution is -2.38. The molecule has 1 aliphatic rings. The highest BCUT2D eigenvalue weighted by Gasteiger charge is 2.16. The van der Waals surface area contributed by atoms with E-state index >= 15 is 0 Å². The van der Waals surface area contributed by atoms with Gasteiger partial charge in [-0.2, -0.15) is 0 Å². The highest BCUT2D eigenvalue weighted by molar-refractivity contribution is 5.74. The smallest absolute Gasteiger partial charge is 0.317 e. The van der Waals surface area contributed by atoms with Gasteiger partial charge in [0.2, 0.25) is 0 Å². The van der Waals surface area contributed by atoms with Crippen LogP contribution < -0.4 is 11.1 Å². The van der Waals surface area contributed by atoms with Crippen LogP contribution in [0.3, 0.4) is 0 Å². The van der Waals surface area contributed by atoms with Gasteiger partial charge in [0.15, 0.2) is 0 Å². The SMILES string of the molecule is CC(CN)CCCNC(=O)N1CCCC1. The fraction of sp³-hybridized carbons (Fsp3) is 0.909. The average molecular weight is 213 g/mol. The monoisotopic (exact) mass is 213 g/mol. The minimum absolute atomic E-state index is 0.105. The van der Waals surface area contributed by atoms with E-state index < -0.39 is 0 Å². The molecule has 0 bridgehead atoms. The van der Waals surface area contributed by atoms with Crippen LogP contribution in [0.5, 0.6) is 0 Å². The molecule has 4 heteroatoms. The molecule has 88 valence electrons. The van der Waals surface area contributed by atoms with Crippen molar-refractivity contribution >= 4 is 6.03 Å². The van der Waals surface area contributed by atoms with Crippen molar-refractivity contribution in [3.63, 3.8) is 0 Å². The van der Waals surface area contributed by atoms with Gasteiger partial charge in [-0.25, -0.2) is 4.79 Å². The molecule has 2 amide bonds. The number of nitrogens with one attached hydrogen (secondary N) is 1. The van der Waals surface area contributed by atoms with Gasteiger partial charge in [0, 0.05) is 19.6 Å². The zero-order valence-corrected chi connectivity index (χ0v) is 9.67. The second kappa shape index (κ2) is 6.67. The van der Waals surface area contributed by atoms with E-state index in [1.807, 2.05) is 4.90 Å². The van der Waals surface area contributed by atoms with E-state index in [-0.39, 0.29) is 6.03 Å². The van der Waals surface area contributed by atoms with Crippen LogP contribution in [0.4, 0.5) is 4.79 Å². The molecule has 0 aromatic rings. The quantitative estimate of drug-likeness (QED) is 0.673. The lowest BCUT2D eigenvalue weighted by Gasteiger charge is -2.16. The summed E-state index contributed by atoms with van der Waals surface area (Å²) in [7, 11) is 0. The van der Waals surface area contributed by atoms with E-state index in [0.717, 1.165) is 51.9 Å². The topological polar surface area (TPSA) is 58.4 Å². The maximum Gasteiger partial charge on any atom is 0.317 e. The maximum absolute atomic E-state index is 11.5. The van der Waals surface area contributed by atoms with Gasteiger partial charge in [-0.1, -0.05) is 6.92 Å². The molecule has 1 aliphatic heterocycles. The standard InChI is InChI=1S/C11H23N3O/c1-10(9-12)5-4-6-13-11(15)14-7-2-3-8-14/h10H,2-9,12H2,1H3,(H,13,15). The first-order valence-electron chi connectivity index (χ1n) is 5.97. The molecular formula is C11H23N3O. The van der Waals surface area contributed by atoms with Crippen LogP contribution in [0.25, 0.3) is 0 Å². The first-order chi connectivity index (χ1) is 7.24. The molecular weight excluding hydrogens is 190 g/mol. The van der Waals surface area contributed by atoms with Crippen LogP contribution in [0, 0.1) is 5.92 Å². The van der Waals surface area contributed by atoms with Crippen molar-refractivity contribution in [1.29, 1.82) is 0 Å². The molecule has 1 heterocycles. The molecule has 0 spiro atoms. The number of rotatable bonds is 5. The van der Waals surface area contributed by atoms with E-state index in [1.54, 1.807) is 0 Å². The van der Waals surface area contributed by atoms with E-state index in [0.29, 0.717) is 5.92 Å². The number of likely N-dealkylation sites (tertiary alicyclic amines) is 1. The van der Waals surface area contributed by atoms with Gasteiger partial charge in [0.05, 0.1) is 0 Å². The Morgan fingerprint density at radius 2 is 2.13 bits per heavy atom. The number of urea groups is 1. The Morgan fingerprint density at radius 1 is 1.47 bits per heavy atom. The van der Waals surface area contributed by atoms with Crippen LogP contribution in [-0.4, -0.2) is 37.1 Å².